The molecule has 4 rings (SSSR count). The molecule has 0 bridgehead atoms. The summed E-state index contributed by atoms with van der Waals surface area (Å²) in [5.74, 6) is 0. The molecule has 1 aromatic carbocycles. The van der Waals surface area contributed by atoms with Gasteiger partial charge in [-0.3, -0.25) is 9.88 Å². The Hall–Kier alpha value is -1.76. The lowest BCUT2D eigenvalue weighted by Crippen LogP contribution is -2.41. The molecule has 2 aromatic rings. The largest absolute Gasteiger partial charge is 0.297 e. The fourth-order valence-electron chi connectivity index (χ4n) is 4.36. The monoisotopic (exact) mass is 371 g/mol. The summed E-state index contributed by atoms with van der Waals surface area (Å²) in [6.07, 6.45) is 5.11. The SMILES string of the molecule is CS(=O)(=O)N1Cc2ccccc2CC2(CCN(Cc3ccccn3)C2)C1. The summed E-state index contributed by atoms with van der Waals surface area (Å²) in [4.78, 5) is 6.85. The van der Waals surface area contributed by atoms with Crippen LogP contribution in [0.3, 0.4) is 0 Å². The van der Waals surface area contributed by atoms with Gasteiger partial charge in [0.15, 0.2) is 0 Å². The van der Waals surface area contributed by atoms with Crippen LogP contribution in [0.5, 0.6) is 0 Å². The van der Waals surface area contributed by atoms with Gasteiger partial charge < -0.3 is 0 Å². The molecule has 1 fully saturated rings. The maximum absolute atomic E-state index is 12.4. The number of aromatic nitrogens is 1. The minimum Gasteiger partial charge on any atom is -0.297 e. The number of nitrogens with zero attached hydrogens (tertiary/aromatic N) is 3. The van der Waals surface area contributed by atoms with Gasteiger partial charge in [0.05, 0.1) is 11.9 Å². The van der Waals surface area contributed by atoms with Gasteiger partial charge in [0.25, 0.3) is 0 Å². The molecule has 1 unspecified atom stereocenters. The van der Waals surface area contributed by atoms with E-state index in [2.05, 4.69) is 34.1 Å². The smallest absolute Gasteiger partial charge is 0.211 e. The van der Waals surface area contributed by atoms with E-state index in [-0.39, 0.29) is 5.41 Å². The molecule has 0 aliphatic carbocycles. The fourth-order valence-corrected chi connectivity index (χ4v) is 5.24. The van der Waals surface area contributed by atoms with Crippen molar-refractivity contribution in [3.05, 3.63) is 65.5 Å². The van der Waals surface area contributed by atoms with E-state index in [4.69, 9.17) is 0 Å². The van der Waals surface area contributed by atoms with E-state index in [9.17, 15) is 8.42 Å². The van der Waals surface area contributed by atoms with Crippen LogP contribution in [0.15, 0.2) is 48.7 Å². The van der Waals surface area contributed by atoms with E-state index >= 15 is 0 Å². The van der Waals surface area contributed by atoms with Crippen LogP contribution in [0.4, 0.5) is 0 Å². The molecule has 0 N–H and O–H groups in total. The maximum atomic E-state index is 12.4. The van der Waals surface area contributed by atoms with E-state index < -0.39 is 10.0 Å². The van der Waals surface area contributed by atoms with Crippen molar-refractivity contribution in [1.82, 2.24) is 14.2 Å². The second kappa shape index (κ2) is 6.76. The number of pyridine rings is 1. The van der Waals surface area contributed by atoms with E-state index in [1.165, 1.54) is 11.8 Å². The van der Waals surface area contributed by atoms with Crippen molar-refractivity contribution in [3.8, 4) is 0 Å². The van der Waals surface area contributed by atoms with Gasteiger partial charge in [-0.05, 0) is 42.6 Å². The number of fused-ring (bicyclic) bond motifs is 1. The zero-order chi connectivity index (χ0) is 18.2. The lowest BCUT2D eigenvalue weighted by molar-refractivity contribution is 0.206. The van der Waals surface area contributed by atoms with E-state index in [1.807, 2.05) is 24.4 Å². The van der Waals surface area contributed by atoms with Crippen LogP contribution in [0.2, 0.25) is 0 Å². The van der Waals surface area contributed by atoms with Gasteiger partial charge >= 0.3 is 0 Å². The quantitative estimate of drug-likeness (QED) is 0.831. The lowest BCUT2D eigenvalue weighted by Gasteiger charge is -2.32. The first-order chi connectivity index (χ1) is 12.4. The van der Waals surface area contributed by atoms with E-state index in [0.717, 1.165) is 43.7 Å². The number of hydrogen-bond donors (Lipinski definition) is 0. The number of hydrogen-bond acceptors (Lipinski definition) is 4. The van der Waals surface area contributed by atoms with Crippen molar-refractivity contribution in [2.24, 2.45) is 5.41 Å². The topological polar surface area (TPSA) is 53.5 Å². The molecule has 1 aromatic heterocycles. The third-order valence-electron chi connectivity index (χ3n) is 5.64. The Labute approximate surface area is 155 Å². The van der Waals surface area contributed by atoms with Crippen molar-refractivity contribution in [1.29, 1.82) is 0 Å². The van der Waals surface area contributed by atoms with Crippen LogP contribution in [0.1, 0.15) is 23.2 Å². The molecular weight excluding hydrogens is 346 g/mol. The van der Waals surface area contributed by atoms with Crippen LogP contribution >= 0.6 is 0 Å². The Balaban J connectivity index is 1.60. The highest BCUT2D eigenvalue weighted by atomic mass is 32.2. The van der Waals surface area contributed by atoms with Crippen molar-refractivity contribution in [3.63, 3.8) is 0 Å². The Bertz CT molecular complexity index is 885. The summed E-state index contributed by atoms with van der Waals surface area (Å²) in [6.45, 7) is 3.79. The number of likely N-dealkylation sites (tertiary alicyclic amines) is 1. The van der Waals surface area contributed by atoms with Crippen molar-refractivity contribution in [2.45, 2.75) is 25.9 Å². The number of benzene rings is 1. The van der Waals surface area contributed by atoms with Gasteiger partial charge in [0, 0.05) is 37.8 Å². The first kappa shape index (κ1) is 17.6. The summed E-state index contributed by atoms with van der Waals surface area (Å²) in [5, 5.41) is 0. The van der Waals surface area contributed by atoms with Crippen LogP contribution < -0.4 is 0 Å². The summed E-state index contributed by atoms with van der Waals surface area (Å²) in [6, 6.07) is 14.3. The van der Waals surface area contributed by atoms with E-state index in [1.54, 1.807) is 4.31 Å². The highest BCUT2D eigenvalue weighted by Crippen LogP contribution is 2.39. The molecule has 1 saturated heterocycles. The Morgan fingerprint density at radius 2 is 1.85 bits per heavy atom. The third kappa shape index (κ3) is 3.68. The molecule has 6 heteroatoms. The van der Waals surface area contributed by atoms with Gasteiger partial charge in [-0.1, -0.05) is 30.3 Å². The second-order valence-corrected chi connectivity index (χ2v) is 9.74. The van der Waals surface area contributed by atoms with Crippen molar-refractivity contribution >= 4 is 10.0 Å². The van der Waals surface area contributed by atoms with Crippen LogP contribution in [0, 0.1) is 5.41 Å². The van der Waals surface area contributed by atoms with Crippen LogP contribution in [-0.2, 0) is 29.5 Å². The predicted octanol–water partition coefficient (Wildman–Crippen LogP) is 2.29. The molecule has 138 valence electrons. The standard InChI is InChI=1S/C20H25N3O2S/c1-26(24,25)23-13-18-7-3-2-6-17(18)12-20(16-23)9-11-22(15-20)14-19-8-4-5-10-21-19/h2-8,10H,9,11-16H2,1H3. The van der Waals surface area contributed by atoms with Crippen molar-refractivity contribution in [2.75, 3.05) is 25.9 Å². The molecule has 0 amide bonds. The number of sulfonamides is 1. The van der Waals surface area contributed by atoms with Gasteiger partial charge in [-0.25, -0.2) is 8.42 Å². The molecule has 3 heterocycles. The normalized spacial score (nSPS) is 24.5. The Morgan fingerprint density at radius 1 is 1.08 bits per heavy atom. The van der Waals surface area contributed by atoms with Gasteiger partial charge in [-0.15, -0.1) is 0 Å². The lowest BCUT2D eigenvalue weighted by atomic mass is 9.80. The van der Waals surface area contributed by atoms with Gasteiger partial charge in [-0.2, -0.15) is 4.31 Å². The number of rotatable bonds is 3. The van der Waals surface area contributed by atoms with Crippen LogP contribution in [-0.4, -0.2) is 48.5 Å². The molecule has 5 nitrogen and oxygen atoms in total. The highest BCUT2D eigenvalue weighted by Gasteiger charge is 2.43. The minimum atomic E-state index is -3.23. The zero-order valence-corrected chi connectivity index (χ0v) is 16.0. The summed E-state index contributed by atoms with van der Waals surface area (Å²) in [5.41, 5.74) is 3.47. The summed E-state index contributed by atoms with van der Waals surface area (Å²) < 4.78 is 26.4. The summed E-state index contributed by atoms with van der Waals surface area (Å²) in [7, 11) is -3.23. The predicted molar refractivity (Wildman–Crippen MR) is 102 cm³/mol. The molecule has 1 spiro atoms. The van der Waals surface area contributed by atoms with Crippen molar-refractivity contribution < 1.29 is 8.42 Å². The highest BCUT2D eigenvalue weighted by molar-refractivity contribution is 7.88. The Morgan fingerprint density at radius 3 is 2.58 bits per heavy atom. The fraction of sp³-hybridized carbons (Fsp3) is 0.450. The van der Waals surface area contributed by atoms with Crippen LogP contribution in [0.25, 0.3) is 0 Å². The molecule has 0 saturated carbocycles. The minimum absolute atomic E-state index is 0.0233. The first-order valence-electron chi connectivity index (χ1n) is 9.08. The van der Waals surface area contributed by atoms with Gasteiger partial charge in [0.1, 0.15) is 0 Å². The molecule has 2 aliphatic heterocycles. The molecule has 1 atom stereocenters. The Kier molecular flexibility index (Phi) is 4.59. The first-order valence-corrected chi connectivity index (χ1v) is 10.9. The second-order valence-electron chi connectivity index (χ2n) is 7.76. The molecular formula is C20H25N3O2S. The maximum Gasteiger partial charge on any atom is 0.211 e. The molecule has 0 radical (unpaired) electrons. The average molecular weight is 372 g/mol. The van der Waals surface area contributed by atoms with E-state index in [0.29, 0.717) is 13.1 Å². The third-order valence-corrected chi connectivity index (χ3v) is 6.84. The van der Waals surface area contributed by atoms with Gasteiger partial charge in [0.2, 0.25) is 10.0 Å². The average Bonchev–Trinajstić information content (AvgIpc) is 2.89. The summed E-state index contributed by atoms with van der Waals surface area (Å²) >= 11 is 0. The molecule has 26 heavy (non-hydrogen) atoms. The zero-order valence-electron chi connectivity index (χ0n) is 15.1. The molecule has 2 aliphatic rings.